The molecule has 1 saturated heterocycles. The summed E-state index contributed by atoms with van der Waals surface area (Å²) in [5.74, 6) is 0.0831. The Kier molecular flexibility index (Phi) is 3.57. The first-order valence-electron chi connectivity index (χ1n) is 6.91. The predicted molar refractivity (Wildman–Crippen MR) is 78.0 cm³/mol. The van der Waals surface area contributed by atoms with E-state index in [4.69, 9.17) is 14.9 Å². The van der Waals surface area contributed by atoms with Crippen LogP contribution in [-0.2, 0) is 4.74 Å². The SMILES string of the molecule is CC1CN(C(=O)c2cc3cc(N)ccc3o2)CC(CO)O1. The molecule has 3 rings (SSSR count). The van der Waals surface area contributed by atoms with Gasteiger partial charge in [-0.15, -0.1) is 0 Å². The van der Waals surface area contributed by atoms with Crippen molar-refractivity contribution in [2.45, 2.75) is 19.1 Å². The number of carbonyl (C=O) groups excluding carboxylic acids is 1. The Morgan fingerprint density at radius 1 is 1.43 bits per heavy atom. The van der Waals surface area contributed by atoms with Crippen molar-refractivity contribution in [1.82, 2.24) is 4.90 Å². The summed E-state index contributed by atoms with van der Waals surface area (Å²) >= 11 is 0. The van der Waals surface area contributed by atoms with Crippen LogP contribution in [0.25, 0.3) is 11.0 Å². The smallest absolute Gasteiger partial charge is 0.289 e. The van der Waals surface area contributed by atoms with Crippen molar-refractivity contribution in [3.63, 3.8) is 0 Å². The van der Waals surface area contributed by atoms with Gasteiger partial charge in [0.1, 0.15) is 5.58 Å². The Bertz CT molecular complexity index is 667. The lowest BCUT2D eigenvalue weighted by Gasteiger charge is -2.35. The van der Waals surface area contributed by atoms with Gasteiger partial charge in [0, 0.05) is 24.2 Å². The molecule has 0 aliphatic carbocycles. The lowest BCUT2D eigenvalue weighted by Crippen LogP contribution is -2.50. The first-order valence-corrected chi connectivity index (χ1v) is 6.91. The van der Waals surface area contributed by atoms with Crippen LogP contribution in [0.3, 0.4) is 0 Å². The Labute approximate surface area is 122 Å². The van der Waals surface area contributed by atoms with Crippen LogP contribution >= 0.6 is 0 Å². The van der Waals surface area contributed by atoms with Crippen LogP contribution in [-0.4, -0.2) is 47.8 Å². The largest absolute Gasteiger partial charge is 0.451 e. The maximum absolute atomic E-state index is 12.5. The van der Waals surface area contributed by atoms with E-state index in [1.807, 2.05) is 6.92 Å². The molecule has 112 valence electrons. The van der Waals surface area contributed by atoms with Crippen LogP contribution in [0, 0.1) is 0 Å². The summed E-state index contributed by atoms with van der Waals surface area (Å²) in [6, 6.07) is 6.95. The molecule has 1 fully saturated rings. The van der Waals surface area contributed by atoms with Crippen LogP contribution in [0.4, 0.5) is 5.69 Å². The van der Waals surface area contributed by atoms with E-state index in [9.17, 15) is 9.90 Å². The molecule has 1 aromatic carbocycles. The van der Waals surface area contributed by atoms with Gasteiger partial charge in [-0.25, -0.2) is 0 Å². The fourth-order valence-electron chi connectivity index (χ4n) is 2.63. The van der Waals surface area contributed by atoms with Gasteiger partial charge in [-0.2, -0.15) is 0 Å². The van der Waals surface area contributed by atoms with E-state index >= 15 is 0 Å². The summed E-state index contributed by atoms with van der Waals surface area (Å²) in [5, 5.41) is 10.0. The summed E-state index contributed by atoms with van der Waals surface area (Å²) in [5.41, 5.74) is 6.98. The van der Waals surface area contributed by atoms with Gasteiger partial charge in [-0.05, 0) is 31.2 Å². The first kappa shape index (κ1) is 13.9. The Hall–Kier alpha value is -2.05. The number of fused-ring (bicyclic) bond motifs is 1. The van der Waals surface area contributed by atoms with Gasteiger partial charge in [0.15, 0.2) is 5.76 Å². The number of nitrogens with two attached hydrogens (primary N) is 1. The summed E-state index contributed by atoms with van der Waals surface area (Å²) in [7, 11) is 0. The molecule has 1 aliphatic rings. The van der Waals surface area contributed by atoms with Crippen LogP contribution < -0.4 is 5.73 Å². The molecule has 1 aromatic heterocycles. The molecule has 1 aliphatic heterocycles. The number of rotatable bonds is 2. The molecule has 2 heterocycles. The van der Waals surface area contributed by atoms with Gasteiger partial charge in [0.25, 0.3) is 5.91 Å². The molecule has 1 amide bonds. The second kappa shape index (κ2) is 5.38. The normalized spacial score (nSPS) is 22.7. The highest BCUT2D eigenvalue weighted by atomic mass is 16.5. The Morgan fingerprint density at radius 3 is 3.00 bits per heavy atom. The second-order valence-electron chi connectivity index (χ2n) is 5.37. The maximum atomic E-state index is 12.5. The van der Waals surface area contributed by atoms with E-state index in [0.29, 0.717) is 24.4 Å². The summed E-state index contributed by atoms with van der Waals surface area (Å²) in [4.78, 5) is 14.2. The number of carbonyl (C=O) groups is 1. The number of benzene rings is 1. The predicted octanol–water partition coefficient (Wildman–Crippen LogP) is 1.24. The average Bonchev–Trinajstić information content (AvgIpc) is 2.88. The van der Waals surface area contributed by atoms with Gasteiger partial charge >= 0.3 is 0 Å². The highest BCUT2D eigenvalue weighted by Crippen LogP contribution is 2.23. The molecule has 0 saturated carbocycles. The number of aliphatic hydroxyl groups is 1. The second-order valence-corrected chi connectivity index (χ2v) is 5.37. The van der Waals surface area contributed by atoms with Crippen molar-refractivity contribution in [3.05, 3.63) is 30.0 Å². The minimum Gasteiger partial charge on any atom is -0.451 e. The van der Waals surface area contributed by atoms with E-state index < -0.39 is 0 Å². The number of ether oxygens (including phenoxy) is 1. The monoisotopic (exact) mass is 290 g/mol. The molecule has 0 bridgehead atoms. The molecule has 21 heavy (non-hydrogen) atoms. The number of hydrogen-bond acceptors (Lipinski definition) is 5. The van der Waals surface area contributed by atoms with Crippen molar-refractivity contribution in [1.29, 1.82) is 0 Å². The highest BCUT2D eigenvalue weighted by molar-refractivity contribution is 5.96. The van der Waals surface area contributed by atoms with Gasteiger partial charge in [0.2, 0.25) is 0 Å². The number of amides is 1. The molecule has 6 nitrogen and oxygen atoms in total. The summed E-state index contributed by atoms with van der Waals surface area (Å²) in [6.07, 6.45) is -0.461. The van der Waals surface area contributed by atoms with Crippen LogP contribution in [0.2, 0.25) is 0 Å². The zero-order chi connectivity index (χ0) is 15.0. The molecule has 0 radical (unpaired) electrons. The van der Waals surface area contributed by atoms with Crippen molar-refractivity contribution < 1.29 is 19.1 Å². The third-order valence-corrected chi connectivity index (χ3v) is 3.57. The number of anilines is 1. The molecule has 2 unspecified atom stereocenters. The van der Waals surface area contributed by atoms with Gasteiger partial charge in [0.05, 0.1) is 18.8 Å². The van der Waals surface area contributed by atoms with Crippen molar-refractivity contribution >= 4 is 22.6 Å². The van der Waals surface area contributed by atoms with E-state index in [-0.39, 0.29) is 30.5 Å². The molecular weight excluding hydrogens is 272 g/mol. The minimum atomic E-state index is -0.349. The van der Waals surface area contributed by atoms with Crippen molar-refractivity contribution in [2.24, 2.45) is 0 Å². The third kappa shape index (κ3) is 2.72. The number of morpholine rings is 1. The molecule has 3 N–H and O–H groups in total. The van der Waals surface area contributed by atoms with E-state index in [0.717, 1.165) is 5.39 Å². The first-order chi connectivity index (χ1) is 10.1. The van der Waals surface area contributed by atoms with E-state index in [1.165, 1.54) is 0 Å². The number of nitrogen functional groups attached to an aromatic ring is 1. The van der Waals surface area contributed by atoms with Crippen LogP contribution in [0.1, 0.15) is 17.5 Å². The standard InChI is InChI=1S/C15H18N2O4/c1-9-6-17(7-12(8-18)20-9)15(19)14-5-10-4-11(16)2-3-13(10)21-14/h2-5,9,12,18H,6-8,16H2,1H3. The lowest BCUT2D eigenvalue weighted by molar-refractivity contribution is -0.0862. The third-order valence-electron chi connectivity index (χ3n) is 3.57. The Morgan fingerprint density at radius 2 is 2.24 bits per heavy atom. The fourth-order valence-corrected chi connectivity index (χ4v) is 2.63. The van der Waals surface area contributed by atoms with Crippen molar-refractivity contribution in [2.75, 3.05) is 25.4 Å². The molecule has 2 atom stereocenters. The van der Waals surface area contributed by atoms with Gasteiger partial charge in [-0.1, -0.05) is 0 Å². The summed E-state index contributed by atoms with van der Waals surface area (Å²) in [6.45, 7) is 2.61. The zero-order valence-corrected chi connectivity index (χ0v) is 11.8. The molecule has 0 spiro atoms. The number of nitrogens with zero attached hydrogens (tertiary/aromatic N) is 1. The van der Waals surface area contributed by atoms with Crippen LogP contribution in [0.5, 0.6) is 0 Å². The highest BCUT2D eigenvalue weighted by Gasteiger charge is 2.30. The van der Waals surface area contributed by atoms with Gasteiger partial charge in [-0.3, -0.25) is 4.79 Å². The van der Waals surface area contributed by atoms with Crippen molar-refractivity contribution in [3.8, 4) is 0 Å². The zero-order valence-electron chi connectivity index (χ0n) is 11.8. The van der Waals surface area contributed by atoms with E-state index in [1.54, 1.807) is 29.2 Å². The number of aliphatic hydroxyl groups excluding tert-OH is 1. The lowest BCUT2D eigenvalue weighted by atomic mass is 10.2. The minimum absolute atomic E-state index is 0.106. The summed E-state index contributed by atoms with van der Waals surface area (Å²) < 4.78 is 11.1. The average molecular weight is 290 g/mol. The van der Waals surface area contributed by atoms with Gasteiger partial charge < -0.3 is 24.9 Å². The molecule has 6 heteroatoms. The Balaban J connectivity index is 1.85. The number of hydrogen-bond donors (Lipinski definition) is 2. The van der Waals surface area contributed by atoms with Crippen LogP contribution in [0.15, 0.2) is 28.7 Å². The quantitative estimate of drug-likeness (QED) is 0.812. The van der Waals surface area contributed by atoms with E-state index in [2.05, 4.69) is 0 Å². The maximum Gasteiger partial charge on any atom is 0.289 e. The molecular formula is C15H18N2O4. The molecule has 2 aromatic rings. The number of furan rings is 1. The topological polar surface area (TPSA) is 88.9 Å². The fraction of sp³-hybridized carbons (Fsp3) is 0.400.